The highest BCUT2D eigenvalue weighted by atomic mass is 16.6. The molecule has 2 N–H and O–H groups in total. The number of nitrogens with zero attached hydrogens (tertiary/aromatic N) is 3. The topological polar surface area (TPSA) is 127 Å². The molecule has 0 spiro atoms. The molecule has 1 heterocycles. The summed E-state index contributed by atoms with van der Waals surface area (Å²) in [4.78, 5) is 33.2. The lowest BCUT2D eigenvalue weighted by molar-refractivity contribution is -0.389. The van der Waals surface area contributed by atoms with Gasteiger partial charge in [0.25, 0.3) is 0 Å². The molecule has 0 bridgehead atoms. The van der Waals surface area contributed by atoms with Crippen molar-refractivity contribution in [2.24, 2.45) is 0 Å². The summed E-state index contributed by atoms with van der Waals surface area (Å²) in [6, 6.07) is 1.18. The zero-order chi connectivity index (χ0) is 15.5. The summed E-state index contributed by atoms with van der Waals surface area (Å²) in [6.07, 6.45) is 4.56. The second kappa shape index (κ2) is 5.90. The number of carboxylic acids is 1. The fourth-order valence-corrected chi connectivity index (χ4v) is 2.54. The first-order valence-corrected chi connectivity index (χ1v) is 6.65. The molecule has 0 aliphatic heterocycles. The summed E-state index contributed by atoms with van der Waals surface area (Å²) < 4.78 is 1.12. The van der Waals surface area contributed by atoms with Gasteiger partial charge in [0.2, 0.25) is 5.91 Å². The first kappa shape index (κ1) is 14.9. The Morgan fingerprint density at radius 2 is 2.10 bits per heavy atom. The zero-order valence-corrected chi connectivity index (χ0v) is 11.3. The van der Waals surface area contributed by atoms with Gasteiger partial charge in [0.05, 0.1) is 17.4 Å². The summed E-state index contributed by atoms with van der Waals surface area (Å²) in [6.45, 7) is -0.247. The van der Waals surface area contributed by atoms with Crippen LogP contribution in [-0.2, 0) is 16.1 Å². The lowest BCUT2D eigenvalue weighted by Gasteiger charge is -2.33. The van der Waals surface area contributed by atoms with Gasteiger partial charge in [0.1, 0.15) is 12.1 Å². The number of carbonyl (C=O) groups excluding carboxylic acids is 1. The number of carboxylic acid groups (broad SMARTS) is 1. The lowest BCUT2D eigenvalue weighted by atomic mass is 9.81. The van der Waals surface area contributed by atoms with E-state index in [0.29, 0.717) is 12.8 Å². The summed E-state index contributed by atoms with van der Waals surface area (Å²) >= 11 is 0. The van der Waals surface area contributed by atoms with Gasteiger partial charge in [0, 0.05) is 0 Å². The van der Waals surface area contributed by atoms with Crippen LogP contribution in [0.25, 0.3) is 0 Å². The monoisotopic (exact) mass is 296 g/mol. The standard InChI is InChI=1S/C12H16N4O5/c17-10(8-15-7-4-9(14-15)16(20)21)13-12(11(18)19)5-2-1-3-6-12/h4,7H,1-3,5-6,8H2,(H,13,17)(H,18,19). The number of hydrogen-bond acceptors (Lipinski definition) is 5. The van der Waals surface area contributed by atoms with Crippen LogP contribution < -0.4 is 5.32 Å². The number of nitrogens with one attached hydrogen (secondary N) is 1. The molecule has 1 aromatic heterocycles. The maximum Gasteiger partial charge on any atom is 0.389 e. The van der Waals surface area contributed by atoms with Crippen LogP contribution in [0.15, 0.2) is 12.3 Å². The SMILES string of the molecule is O=C(Cn1ccc([N+](=O)[O-])n1)NC1(C(=O)O)CCCCC1. The quantitative estimate of drug-likeness (QED) is 0.608. The van der Waals surface area contributed by atoms with E-state index < -0.39 is 22.3 Å². The normalized spacial score (nSPS) is 17.1. The molecule has 1 saturated carbocycles. The number of aliphatic carboxylic acids is 1. The van der Waals surface area contributed by atoms with Crippen molar-refractivity contribution in [1.82, 2.24) is 15.1 Å². The van der Waals surface area contributed by atoms with Crippen molar-refractivity contribution < 1.29 is 19.6 Å². The van der Waals surface area contributed by atoms with E-state index in [0.717, 1.165) is 23.9 Å². The molecular weight excluding hydrogens is 280 g/mol. The Labute approximate surface area is 120 Å². The summed E-state index contributed by atoms with van der Waals surface area (Å²) in [5.74, 6) is -1.91. The molecule has 0 unspecified atom stereocenters. The van der Waals surface area contributed by atoms with Gasteiger partial charge in [-0.1, -0.05) is 19.3 Å². The van der Waals surface area contributed by atoms with Crippen molar-refractivity contribution in [3.05, 3.63) is 22.4 Å². The number of hydrogen-bond donors (Lipinski definition) is 2. The van der Waals surface area contributed by atoms with Gasteiger partial charge in [-0.15, -0.1) is 0 Å². The Balaban J connectivity index is 2.02. The van der Waals surface area contributed by atoms with E-state index >= 15 is 0 Å². The molecule has 21 heavy (non-hydrogen) atoms. The van der Waals surface area contributed by atoms with Crippen molar-refractivity contribution in [3.63, 3.8) is 0 Å². The van der Waals surface area contributed by atoms with E-state index in [9.17, 15) is 24.8 Å². The van der Waals surface area contributed by atoms with E-state index in [-0.39, 0.29) is 12.4 Å². The van der Waals surface area contributed by atoms with E-state index in [1.54, 1.807) is 0 Å². The Kier molecular flexibility index (Phi) is 4.20. The van der Waals surface area contributed by atoms with Crippen LogP contribution in [0.5, 0.6) is 0 Å². The number of rotatable bonds is 5. The molecule has 9 nitrogen and oxygen atoms in total. The molecule has 0 saturated heterocycles. The second-order valence-corrected chi connectivity index (χ2v) is 5.12. The van der Waals surface area contributed by atoms with Gasteiger partial charge in [-0.2, -0.15) is 4.68 Å². The molecule has 1 aliphatic carbocycles. The first-order valence-electron chi connectivity index (χ1n) is 6.65. The molecule has 1 aliphatic rings. The summed E-state index contributed by atoms with van der Waals surface area (Å²) in [5, 5.41) is 26.0. The molecule has 1 fully saturated rings. The van der Waals surface area contributed by atoms with Gasteiger partial charge >= 0.3 is 11.8 Å². The molecule has 2 rings (SSSR count). The largest absolute Gasteiger partial charge is 0.480 e. The minimum absolute atomic E-state index is 0.247. The molecule has 0 aromatic carbocycles. The first-order chi connectivity index (χ1) is 9.93. The van der Waals surface area contributed by atoms with Crippen molar-refractivity contribution in [1.29, 1.82) is 0 Å². The van der Waals surface area contributed by atoms with Crippen LogP contribution in [0, 0.1) is 10.1 Å². The van der Waals surface area contributed by atoms with Crippen LogP contribution >= 0.6 is 0 Å². The van der Waals surface area contributed by atoms with Crippen molar-refractivity contribution in [3.8, 4) is 0 Å². The number of nitro groups is 1. The van der Waals surface area contributed by atoms with E-state index in [1.165, 1.54) is 12.3 Å². The van der Waals surface area contributed by atoms with Crippen molar-refractivity contribution >= 4 is 17.7 Å². The van der Waals surface area contributed by atoms with E-state index in [1.807, 2.05) is 0 Å². The van der Waals surface area contributed by atoms with Gasteiger partial charge in [-0.25, -0.2) is 4.79 Å². The number of aromatic nitrogens is 2. The predicted octanol–water partition coefficient (Wildman–Crippen LogP) is 0.695. The smallest absolute Gasteiger partial charge is 0.389 e. The molecule has 1 aromatic rings. The molecule has 9 heteroatoms. The van der Waals surface area contributed by atoms with Gasteiger partial charge in [-0.3, -0.25) is 4.79 Å². The molecule has 114 valence electrons. The molecule has 0 atom stereocenters. The highest BCUT2D eigenvalue weighted by molar-refractivity contribution is 5.87. The van der Waals surface area contributed by atoms with E-state index in [4.69, 9.17) is 0 Å². The minimum Gasteiger partial charge on any atom is -0.480 e. The third-order valence-electron chi connectivity index (χ3n) is 3.61. The minimum atomic E-state index is -1.23. The number of carbonyl (C=O) groups is 2. The van der Waals surface area contributed by atoms with Crippen LogP contribution in [-0.4, -0.2) is 37.2 Å². The zero-order valence-electron chi connectivity index (χ0n) is 11.3. The van der Waals surface area contributed by atoms with Crippen LogP contribution in [0.3, 0.4) is 0 Å². The third-order valence-corrected chi connectivity index (χ3v) is 3.61. The maximum absolute atomic E-state index is 12.0. The Bertz CT molecular complexity index is 562. The van der Waals surface area contributed by atoms with Crippen LogP contribution in [0.1, 0.15) is 32.1 Å². The third kappa shape index (κ3) is 3.36. The van der Waals surface area contributed by atoms with Gasteiger partial charge < -0.3 is 20.5 Å². The van der Waals surface area contributed by atoms with Crippen molar-refractivity contribution in [2.75, 3.05) is 0 Å². The predicted molar refractivity (Wildman–Crippen MR) is 70.5 cm³/mol. The van der Waals surface area contributed by atoms with E-state index in [2.05, 4.69) is 10.4 Å². The second-order valence-electron chi connectivity index (χ2n) is 5.12. The highest BCUT2D eigenvalue weighted by Gasteiger charge is 2.41. The van der Waals surface area contributed by atoms with Crippen molar-refractivity contribution in [2.45, 2.75) is 44.2 Å². The van der Waals surface area contributed by atoms with Gasteiger partial charge in [-0.05, 0) is 17.8 Å². The average Bonchev–Trinajstić information content (AvgIpc) is 2.88. The Hall–Kier alpha value is -2.45. The Morgan fingerprint density at radius 1 is 1.43 bits per heavy atom. The maximum atomic E-state index is 12.0. The summed E-state index contributed by atoms with van der Waals surface area (Å²) in [5.41, 5.74) is -1.23. The fourth-order valence-electron chi connectivity index (χ4n) is 2.54. The van der Waals surface area contributed by atoms with Gasteiger partial charge in [0.15, 0.2) is 0 Å². The van der Waals surface area contributed by atoms with Crippen LogP contribution in [0.4, 0.5) is 5.82 Å². The average molecular weight is 296 g/mol. The lowest BCUT2D eigenvalue weighted by Crippen LogP contribution is -2.56. The number of amides is 1. The molecule has 1 amide bonds. The summed E-state index contributed by atoms with van der Waals surface area (Å²) in [7, 11) is 0. The fraction of sp³-hybridized carbons (Fsp3) is 0.583. The highest BCUT2D eigenvalue weighted by Crippen LogP contribution is 2.28. The van der Waals surface area contributed by atoms with Crippen LogP contribution in [0.2, 0.25) is 0 Å². The molecule has 0 radical (unpaired) electrons. The Morgan fingerprint density at radius 3 is 2.62 bits per heavy atom. The molecular formula is C12H16N4O5.